The summed E-state index contributed by atoms with van der Waals surface area (Å²) < 4.78 is 38.6. The van der Waals surface area contributed by atoms with Crippen molar-refractivity contribution in [3.05, 3.63) is 59.2 Å². The van der Waals surface area contributed by atoms with Gasteiger partial charge in [0.2, 0.25) is 0 Å². The lowest BCUT2D eigenvalue weighted by molar-refractivity contribution is 0.0458. The van der Waals surface area contributed by atoms with Crippen LogP contribution in [-0.4, -0.2) is 30.9 Å². The molecule has 0 bridgehead atoms. The van der Waals surface area contributed by atoms with Crippen LogP contribution in [0, 0.1) is 11.6 Å². The fourth-order valence-electron chi connectivity index (χ4n) is 2.71. The van der Waals surface area contributed by atoms with E-state index in [2.05, 4.69) is 5.16 Å². The second kappa shape index (κ2) is 8.69. The number of oxime groups is 1. The van der Waals surface area contributed by atoms with Crippen molar-refractivity contribution in [3.8, 4) is 11.5 Å². The minimum Gasteiger partial charge on any atom is -0.494 e. The van der Waals surface area contributed by atoms with E-state index in [0.29, 0.717) is 13.0 Å². The number of nitrogens with two attached hydrogens (primary N) is 1. The van der Waals surface area contributed by atoms with Crippen molar-refractivity contribution < 1.29 is 27.9 Å². The third-order valence-electron chi connectivity index (χ3n) is 4.12. The molecule has 1 aliphatic rings. The monoisotopic (exact) mass is 390 g/mol. The number of amides is 1. The summed E-state index contributed by atoms with van der Waals surface area (Å²) in [5, 5.41) is 4.04. The molecular formula is C20H20F2N2O4. The summed E-state index contributed by atoms with van der Waals surface area (Å²) in [6.45, 7) is 2.67. The van der Waals surface area contributed by atoms with Crippen LogP contribution in [0.4, 0.5) is 8.78 Å². The lowest BCUT2D eigenvalue weighted by atomic mass is 10.1. The van der Waals surface area contributed by atoms with E-state index < -0.39 is 29.2 Å². The summed E-state index contributed by atoms with van der Waals surface area (Å²) in [6.07, 6.45) is 0.952. The van der Waals surface area contributed by atoms with Crippen molar-refractivity contribution in [2.45, 2.75) is 25.9 Å². The van der Waals surface area contributed by atoms with Crippen LogP contribution in [0.25, 0.3) is 0 Å². The number of benzene rings is 2. The normalized spacial score (nSPS) is 15.7. The van der Waals surface area contributed by atoms with Crippen molar-refractivity contribution in [3.63, 3.8) is 0 Å². The number of ether oxygens (including phenoxy) is 2. The third-order valence-corrected chi connectivity index (χ3v) is 4.12. The molecule has 0 aliphatic carbocycles. The lowest BCUT2D eigenvalue weighted by Crippen LogP contribution is -2.20. The zero-order valence-corrected chi connectivity index (χ0v) is 15.3. The highest BCUT2D eigenvalue weighted by atomic mass is 19.1. The molecule has 1 unspecified atom stereocenters. The Balaban J connectivity index is 1.58. The van der Waals surface area contributed by atoms with Crippen molar-refractivity contribution >= 4 is 11.6 Å². The van der Waals surface area contributed by atoms with E-state index in [1.165, 1.54) is 0 Å². The molecular weight excluding hydrogens is 370 g/mol. The highest BCUT2D eigenvalue weighted by Crippen LogP contribution is 2.25. The topological polar surface area (TPSA) is 83.1 Å². The number of rotatable bonds is 8. The molecule has 1 heterocycles. The molecule has 0 aromatic heterocycles. The summed E-state index contributed by atoms with van der Waals surface area (Å²) in [4.78, 5) is 16.5. The van der Waals surface area contributed by atoms with Gasteiger partial charge in [-0.05, 0) is 48.4 Å². The van der Waals surface area contributed by atoms with Gasteiger partial charge in [-0.1, -0.05) is 12.1 Å². The van der Waals surface area contributed by atoms with Crippen molar-refractivity contribution in [2.75, 3.05) is 13.2 Å². The largest absolute Gasteiger partial charge is 0.494 e. The van der Waals surface area contributed by atoms with Crippen molar-refractivity contribution in [2.24, 2.45) is 10.9 Å². The molecule has 28 heavy (non-hydrogen) atoms. The Labute approximate surface area is 160 Å². The Bertz CT molecular complexity index is 885. The smallest absolute Gasteiger partial charge is 0.254 e. The Morgan fingerprint density at radius 2 is 1.96 bits per heavy atom. The molecule has 0 saturated heterocycles. The SMILES string of the molecule is CCCOc1ccc(C2=NOC(COc3ccc(F)c(C(N)=O)c3F)C2)cc1. The number of hydrogen-bond donors (Lipinski definition) is 1. The van der Waals surface area contributed by atoms with Crippen LogP contribution < -0.4 is 15.2 Å². The van der Waals surface area contributed by atoms with Gasteiger partial charge >= 0.3 is 0 Å². The average molecular weight is 390 g/mol. The van der Waals surface area contributed by atoms with Gasteiger partial charge in [-0.25, -0.2) is 8.78 Å². The molecule has 0 spiro atoms. The molecule has 1 amide bonds. The van der Waals surface area contributed by atoms with Crippen LogP contribution in [0.15, 0.2) is 41.6 Å². The van der Waals surface area contributed by atoms with Crippen molar-refractivity contribution in [1.82, 2.24) is 0 Å². The minimum atomic E-state index is -1.20. The van der Waals surface area contributed by atoms with Gasteiger partial charge in [0.25, 0.3) is 5.91 Å². The zero-order chi connectivity index (χ0) is 20.1. The number of carbonyl (C=O) groups excluding carboxylic acids is 1. The summed E-state index contributed by atoms with van der Waals surface area (Å²) in [5.74, 6) is -2.86. The van der Waals surface area contributed by atoms with Gasteiger partial charge in [0.1, 0.15) is 23.7 Å². The highest BCUT2D eigenvalue weighted by Gasteiger charge is 2.25. The number of halogens is 2. The van der Waals surface area contributed by atoms with E-state index >= 15 is 0 Å². The van der Waals surface area contributed by atoms with Crippen molar-refractivity contribution in [1.29, 1.82) is 0 Å². The molecule has 8 heteroatoms. The average Bonchev–Trinajstić information content (AvgIpc) is 3.15. The fraction of sp³-hybridized carbons (Fsp3) is 0.300. The van der Waals surface area contributed by atoms with Gasteiger partial charge in [-0.15, -0.1) is 0 Å². The van der Waals surface area contributed by atoms with E-state index in [4.69, 9.17) is 20.0 Å². The first kappa shape index (κ1) is 19.6. The number of nitrogens with zero attached hydrogens (tertiary/aromatic N) is 1. The standard InChI is InChI=1S/C20H20F2N2O4/c1-2-9-26-13-5-3-12(4-6-13)16-10-14(28-24-16)11-27-17-8-7-15(21)18(19(17)22)20(23)25/h3-8,14H,2,9-11H2,1H3,(H2,23,25). The Kier molecular flexibility index (Phi) is 6.08. The van der Waals surface area contributed by atoms with Gasteiger partial charge < -0.3 is 20.0 Å². The first-order valence-corrected chi connectivity index (χ1v) is 8.86. The van der Waals surface area contributed by atoms with Crippen LogP contribution in [0.2, 0.25) is 0 Å². The predicted octanol–water partition coefficient (Wildman–Crippen LogP) is 3.42. The zero-order valence-electron chi connectivity index (χ0n) is 15.3. The first-order chi connectivity index (χ1) is 13.5. The van der Waals surface area contributed by atoms with Crippen LogP contribution in [0.5, 0.6) is 11.5 Å². The van der Waals surface area contributed by atoms with E-state index in [9.17, 15) is 13.6 Å². The molecule has 2 aromatic rings. The quantitative estimate of drug-likeness (QED) is 0.749. The molecule has 0 radical (unpaired) electrons. The molecule has 1 aliphatic heterocycles. The van der Waals surface area contributed by atoms with E-state index in [0.717, 1.165) is 35.6 Å². The maximum absolute atomic E-state index is 14.2. The van der Waals surface area contributed by atoms with Gasteiger partial charge in [0.05, 0.1) is 12.3 Å². The van der Waals surface area contributed by atoms with Crippen LogP contribution >= 0.6 is 0 Å². The molecule has 1 atom stereocenters. The van der Waals surface area contributed by atoms with Crippen LogP contribution in [0.1, 0.15) is 35.7 Å². The third kappa shape index (κ3) is 4.39. The molecule has 2 aromatic carbocycles. The molecule has 148 valence electrons. The molecule has 3 rings (SSSR count). The van der Waals surface area contributed by atoms with Gasteiger partial charge in [-0.2, -0.15) is 0 Å². The maximum Gasteiger partial charge on any atom is 0.254 e. The van der Waals surface area contributed by atoms with Crippen LogP contribution in [0.3, 0.4) is 0 Å². The Morgan fingerprint density at radius 3 is 2.64 bits per heavy atom. The number of carbonyl (C=O) groups is 1. The molecule has 0 saturated carbocycles. The summed E-state index contributed by atoms with van der Waals surface area (Å²) in [5.41, 5.74) is 5.78. The van der Waals surface area contributed by atoms with Gasteiger partial charge in [0.15, 0.2) is 17.7 Å². The Hall–Kier alpha value is -3.16. The lowest BCUT2D eigenvalue weighted by Gasteiger charge is -2.12. The summed E-state index contributed by atoms with van der Waals surface area (Å²) in [7, 11) is 0. The molecule has 2 N–H and O–H groups in total. The highest BCUT2D eigenvalue weighted by molar-refractivity contribution is 6.01. The van der Waals surface area contributed by atoms with E-state index in [1.807, 2.05) is 31.2 Å². The maximum atomic E-state index is 14.2. The minimum absolute atomic E-state index is 0.0224. The van der Waals surface area contributed by atoms with Gasteiger partial charge in [-0.3, -0.25) is 4.79 Å². The second-order valence-electron chi connectivity index (χ2n) is 6.25. The van der Waals surface area contributed by atoms with E-state index in [-0.39, 0.29) is 12.4 Å². The summed E-state index contributed by atoms with van der Waals surface area (Å²) >= 11 is 0. The second-order valence-corrected chi connectivity index (χ2v) is 6.25. The Morgan fingerprint density at radius 1 is 1.21 bits per heavy atom. The van der Waals surface area contributed by atoms with Crippen LogP contribution in [-0.2, 0) is 4.84 Å². The molecule has 6 nitrogen and oxygen atoms in total. The number of hydrogen-bond acceptors (Lipinski definition) is 5. The first-order valence-electron chi connectivity index (χ1n) is 8.86. The summed E-state index contributed by atoms with van der Waals surface area (Å²) in [6, 6.07) is 9.51. The predicted molar refractivity (Wildman–Crippen MR) is 98.6 cm³/mol. The van der Waals surface area contributed by atoms with E-state index in [1.54, 1.807) is 0 Å². The van der Waals surface area contributed by atoms with Gasteiger partial charge in [0, 0.05) is 6.42 Å². The fourth-order valence-corrected chi connectivity index (χ4v) is 2.71. The molecule has 0 fully saturated rings. The number of primary amides is 1.